The van der Waals surface area contributed by atoms with Gasteiger partial charge >= 0.3 is 0 Å². The number of aromatic nitrogens is 2. The average Bonchev–Trinajstić information content (AvgIpc) is 2.91. The summed E-state index contributed by atoms with van der Waals surface area (Å²) in [5.74, 6) is 0. The molecule has 1 aromatic rings. The standard InChI is InChI=1S/C15H26BrN3/c1-5-8-17-12-6-7-15(4,9-12)14-13(16)10-18-19(14)11(2)3/h10-12,17H,5-9H2,1-4H3. The smallest absolute Gasteiger partial charge is 0.0635 e. The summed E-state index contributed by atoms with van der Waals surface area (Å²) < 4.78 is 3.35. The fourth-order valence-electron chi connectivity index (χ4n) is 3.28. The fraction of sp³-hybridized carbons (Fsp3) is 0.800. The van der Waals surface area contributed by atoms with Crippen LogP contribution in [0.1, 0.15) is 65.1 Å². The second-order valence-electron chi connectivity index (χ2n) is 6.33. The van der Waals surface area contributed by atoms with Gasteiger partial charge < -0.3 is 5.32 Å². The van der Waals surface area contributed by atoms with E-state index in [0.29, 0.717) is 12.1 Å². The van der Waals surface area contributed by atoms with Crippen molar-refractivity contribution >= 4 is 15.9 Å². The summed E-state index contributed by atoms with van der Waals surface area (Å²) in [6.07, 6.45) is 6.88. The predicted octanol–water partition coefficient (Wildman–Crippen LogP) is 4.04. The van der Waals surface area contributed by atoms with Crippen molar-refractivity contribution in [3.05, 3.63) is 16.4 Å². The third-order valence-corrected chi connectivity index (χ3v) is 4.82. The van der Waals surface area contributed by atoms with Crippen molar-refractivity contribution in [2.45, 2.75) is 70.9 Å². The van der Waals surface area contributed by atoms with Crippen molar-refractivity contribution in [3.8, 4) is 0 Å². The second-order valence-corrected chi connectivity index (χ2v) is 7.19. The summed E-state index contributed by atoms with van der Waals surface area (Å²) in [4.78, 5) is 0. The quantitative estimate of drug-likeness (QED) is 0.884. The Kier molecular flexibility index (Phi) is 4.72. The van der Waals surface area contributed by atoms with Crippen LogP contribution in [0.4, 0.5) is 0 Å². The van der Waals surface area contributed by atoms with Crippen molar-refractivity contribution in [2.24, 2.45) is 0 Å². The number of nitrogens with one attached hydrogen (secondary N) is 1. The molecule has 0 aliphatic heterocycles. The summed E-state index contributed by atoms with van der Waals surface area (Å²) in [6.45, 7) is 10.2. The van der Waals surface area contributed by atoms with Gasteiger partial charge in [-0.2, -0.15) is 5.10 Å². The molecule has 1 aliphatic carbocycles. The maximum Gasteiger partial charge on any atom is 0.0635 e. The summed E-state index contributed by atoms with van der Waals surface area (Å²) in [5.41, 5.74) is 1.62. The SMILES string of the molecule is CCCNC1CCC(C)(c2c(Br)cnn2C(C)C)C1. The molecule has 0 bridgehead atoms. The van der Waals surface area contributed by atoms with E-state index in [1.54, 1.807) is 0 Å². The minimum absolute atomic E-state index is 0.241. The zero-order valence-electron chi connectivity index (χ0n) is 12.5. The van der Waals surface area contributed by atoms with Gasteiger partial charge in [0.1, 0.15) is 0 Å². The largest absolute Gasteiger partial charge is 0.314 e. The zero-order valence-corrected chi connectivity index (χ0v) is 14.1. The van der Waals surface area contributed by atoms with Crippen LogP contribution in [-0.2, 0) is 5.41 Å². The molecule has 1 aliphatic rings. The van der Waals surface area contributed by atoms with Gasteiger partial charge in [0.2, 0.25) is 0 Å². The third kappa shape index (κ3) is 3.05. The molecule has 1 saturated carbocycles. The highest BCUT2D eigenvalue weighted by molar-refractivity contribution is 9.10. The van der Waals surface area contributed by atoms with E-state index in [0.717, 1.165) is 6.54 Å². The highest BCUT2D eigenvalue weighted by Gasteiger charge is 2.40. The molecule has 4 heteroatoms. The first kappa shape index (κ1) is 15.0. The van der Waals surface area contributed by atoms with E-state index in [2.05, 4.69) is 58.7 Å². The molecule has 1 N–H and O–H groups in total. The minimum atomic E-state index is 0.241. The lowest BCUT2D eigenvalue weighted by molar-refractivity contribution is 0.391. The van der Waals surface area contributed by atoms with E-state index >= 15 is 0 Å². The van der Waals surface area contributed by atoms with Crippen molar-refractivity contribution in [1.82, 2.24) is 15.1 Å². The van der Waals surface area contributed by atoms with Gasteiger partial charge in [-0.25, -0.2) is 0 Å². The topological polar surface area (TPSA) is 29.9 Å². The number of hydrogen-bond donors (Lipinski definition) is 1. The highest BCUT2D eigenvalue weighted by Crippen LogP contribution is 2.44. The van der Waals surface area contributed by atoms with Crippen molar-refractivity contribution in [2.75, 3.05) is 6.54 Å². The highest BCUT2D eigenvalue weighted by atomic mass is 79.9. The predicted molar refractivity (Wildman–Crippen MR) is 83.6 cm³/mol. The van der Waals surface area contributed by atoms with Gasteiger partial charge in [0.15, 0.2) is 0 Å². The van der Waals surface area contributed by atoms with Gasteiger partial charge in [0.05, 0.1) is 16.4 Å². The van der Waals surface area contributed by atoms with Crippen LogP contribution in [0.3, 0.4) is 0 Å². The van der Waals surface area contributed by atoms with Crippen LogP contribution >= 0.6 is 15.9 Å². The molecule has 0 saturated heterocycles. The second kappa shape index (κ2) is 5.96. The lowest BCUT2D eigenvalue weighted by atomic mass is 9.84. The van der Waals surface area contributed by atoms with Crippen molar-refractivity contribution < 1.29 is 0 Å². The zero-order chi connectivity index (χ0) is 14.0. The maximum atomic E-state index is 4.54. The Morgan fingerprint density at radius 3 is 2.95 bits per heavy atom. The number of rotatable bonds is 5. The van der Waals surface area contributed by atoms with Gasteiger partial charge in [-0.05, 0) is 62.0 Å². The van der Waals surface area contributed by atoms with Crippen LogP contribution in [0.25, 0.3) is 0 Å². The number of hydrogen-bond acceptors (Lipinski definition) is 2. The average molecular weight is 328 g/mol. The Bertz CT molecular complexity index is 427. The number of nitrogens with zero attached hydrogens (tertiary/aromatic N) is 2. The van der Waals surface area contributed by atoms with Crippen molar-refractivity contribution in [3.63, 3.8) is 0 Å². The third-order valence-electron chi connectivity index (χ3n) is 4.24. The summed E-state index contributed by atoms with van der Waals surface area (Å²) in [5, 5.41) is 8.21. The Morgan fingerprint density at radius 2 is 2.32 bits per heavy atom. The first-order chi connectivity index (χ1) is 8.98. The first-order valence-corrected chi connectivity index (χ1v) is 8.24. The Hall–Kier alpha value is -0.350. The molecule has 2 atom stereocenters. The molecular weight excluding hydrogens is 302 g/mol. The fourth-order valence-corrected chi connectivity index (χ4v) is 4.03. The summed E-state index contributed by atoms with van der Waals surface area (Å²) >= 11 is 3.70. The molecule has 0 aromatic carbocycles. The molecule has 0 radical (unpaired) electrons. The van der Waals surface area contributed by atoms with Gasteiger partial charge in [0, 0.05) is 17.5 Å². The molecule has 2 unspecified atom stereocenters. The summed E-state index contributed by atoms with van der Waals surface area (Å²) in [6, 6.07) is 1.08. The molecule has 108 valence electrons. The van der Waals surface area contributed by atoms with Gasteiger partial charge in [-0.15, -0.1) is 0 Å². The van der Waals surface area contributed by atoms with E-state index in [4.69, 9.17) is 0 Å². The maximum absolute atomic E-state index is 4.54. The van der Waals surface area contributed by atoms with Crippen LogP contribution in [0, 0.1) is 0 Å². The molecule has 1 aromatic heterocycles. The van der Waals surface area contributed by atoms with E-state index in [9.17, 15) is 0 Å². The molecule has 3 nitrogen and oxygen atoms in total. The van der Waals surface area contributed by atoms with Crippen molar-refractivity contribution in [1.29, 1.82) is 0 Å². The van der Waals surface area contributed by atoms with Crippen LogP contribution in [0.2, 0.25) is 0 Å². The molecule has 0 amide bonds. The molecule has 1 fully saturated rings. The van der Waals surface area contributed by atoms with Gasteiger partial charge in [-0.1, -0.05) is 13.8 Å². The monoisotopic (exact) mass is 327 g/mol. The first-order valence-electron chi connectivity index (χ1n) is 7.45. The summed E-state index contributed by atoms with van der Waals surface area (Å²) in [7, 11) is 0. The van der Waals surface area contributed by atoms with Crippen LogP contribution in [-0.4, -0.2) is 22.4 Å². The molecule has 0 spiro atoms. The van der Waals surface area contributed by atoms with Crippen LogP contribution in [0.15, 0.2) is 10.7 Å². The van der Waals surface area contributed by atoms with E-state index < -0.39 is 0 Å². The molecule has 19 heavy (non-hydrogen) atoms. The normalized spacial score (nSPS) is 27.4. The number of halogens is 1. The van der Waals surface area contributed by atoms with Gasteiger partial charge in [-0.3, -0.25) is 4.68 Å². The minimum Gasteiger partial charge on any atom is -0.314 e. The lowest BCUT2D eigenvalue weighted by Gasteiger charge is -2.27. The van der Waals surface area contributed by atoms with Crippen LogP contribution < -0.4 is 5.32 Å². The lowest BCUT2D eigenvalue weighted by Crippen LogP contribution is -2.31. The van der Waals surface area contributed by atoms with E-state index in [1.165, 1.54) is 35.8 Å². The molecular formula is C15H26BrN3. The Balaban J connectivity index is 2.19. The molecule has 2 rings (SSSR count). The Morgan fingerprint density at radius 1 is 1.58 bits per heavy atom. The van der Waals surface area contributed by atoms with E-state index in [1.807, 2.05) is 6.20 Å². The van der Waals surface area contributed by atoms with Crippen LogP contribution in [0.5, 0.6) is 0 Å². The Labute approximate surface area is 125 Å². The van der Waals surface area contributed by atoms with E-state index in [-0.39, 0.29) is 5.41 Å². The van der Waals surface area contributed by atoms with Gasteiger partial charge in [0.25, 0.3) is 0 Å². The molecule has 1 heterocycles.